The molecular formula is C21H24N4O5. The van der Waals surface area contributed by atoms with Crippen molar-refractivity contribution in [1.82, 2.24) is 19.8 Å². The number of ether oxygens (including phenoxy) is 2. The fraction of sp³-hybridized carbons (Fsp3) is 0.333. The lowest BCUT2D eigenvalue weighted by Crippen LogP contribution is -2.38. The van der Waals surface area contributed by atoms with Crippen LogP contribution in [-0.4, -0.2) is 43.6 Å². The highest BCUT2D eigenvalue weighted by molar-refractivity contribution is 5.77. The van der Waals surface area contributed by atoms with Crippen molar-refractivity contribution in [2.24, 2.45) is 0 Å². The van der Waals surface area contributed by atoms with Crippen molar-refractivity contribution in [2.45, 2.75) is 39.8 Å². The quantitative estimate of drug-likeness (QED) is 0.634. The van der Waals surface area contributed by atoms with Gasteiger partial charge in [-0.1, -0.05) is 18.2 Å². The Bertz CT molecular complexity index is 1120. The summed E-state index contributed by atoms with van der Waals surface area (Å²) >= 11 is 0. The largest absolute Gasteiger partial charge is 0.497 e. The standard InChI is InChI=1S/C21H24N4O5/c1-13-9-15(10-14(2)18(13)30-21(3,4)19(26)27)12-24-20(28)25(23-22-24)16-7-6-8-17(11-16)29-5/h6-11H,12H2,1-5H3,(H,26,27). The van der Waals surface area contributed by atoms with Gasteiger partial charge < -0.3 is 14.6 Å². The molecule has 158 valence electrons. The summed E-state index contributed by atoms with van der Waals surface area (Å²) in [7, 11) is 1.55. The van der Waals surface area contributed by atoms with E-state index in [4.69, 9.17) is 9.47 Å². The second-order valence-electron chi connectivity index (χ2n) is 7.51. The van der Waals surface area contributed by atoms with Gasteiger partial charge in [-0.15, -0.1) is 0 Å². The van der Waals surface area contributed by atoms with E-state index in [1.165, 1.54) is 23.2 Å². The molecule has 0 aliphatic carbocycles. The van der Waals surface area contributed by atoms with Gasteiger partial charge in [0.1, 0.15) is 11.5 Å². The molecule has 1 aromatic heterocycles. The topological polar surface area (TPSA) is 108 Å². The lowest BCUT2D eigenvalue weighted by Gasteiger charge is -2.24. The summed E-state index contributed by atoms with van der Waals surface area (Å²) in [6.07, 6.45) is 0. The predicted molar refractivity (Wildman–Crippen MR) is 110 cm³/mol. The Balaban J connectivity index is 1.88. The molecular weight excluding hydrogens is 388 g/mol. The average Bonchev–Trinajstić information content (AvgIpc) is 3.05. The van der Waals surface area contributed by atoms with Crippen LogP contribution >= 0.6 is 0 Å². The molecule has 0 aliphatic heterocycles. The van der Waals surface area contributed by atoms with Crippen LogP contribution in [0.4, 0.5) is 0 Å². The maximum Gasteiger partial charge on any atom is 0.368 e. The van der Waals surface area contributed by atoms with Crippen LogP contribution in [0.25, 0.3) is 5.69 Å². The minimum Gasteiger partial charge on any atom is -0.497 e. The van der Waals surface area contributed by atoms with Crippen molar-refractivity contribution in [3.8, 4) is 17.2 Å². The first kappa shape index (κ1) is 21.1. The van der Waals surface area contributed by atoms with Gasteiger partial charge in [0, 0.05) is 6.07 Å². The van der Waals surface area contributed by atoms with Crippen LogP contribution < -0.4 is 15.2 Å². The molecule has 0 saturated carbocycles. The Morgan fingerprint density at radius 2 is 1.80 bits per heavy atom. The monoisotopic (exact) mass is 412 g/mol. The van der Waals surface area contributed by atoms with Gasteiger partial charge in [-0.05, 0) is 66.9 Å². The molecule has 0 spiro atoms. The van der Waals surface area contributed by atoms with E-state index in [-0.39, 0.29) is 12.2 Å². The first-order chi connectivity index (χ1) is 14.1. The Morgan fingerprint density at radius 1 is 1.13 bits per heavy atom. The molecule has 3 rings (SSSR count). The van der Waals surface area contributed by atoms with E-state index < -0.39 is 11.6 Å². The minimum absolute atomic E-state index is 0.215. The third-order valence-electron chi connectivity index (χ3n) is 4.66. The van der Waals surface area contributed by atoms with Gasteiger partial charge in [0.2, 0.25) is 0 Å². The number of carbonyl (C=O) groups is 1. The highest BCUT2D eigenvalue weighted by atomic mass is 16.5. The van der Waals surface area contributed by atoms with Gasteiger partial charge >= 0.3 is 11.7 Å². The number of tetrazole rings is 1. The summed E-state index contributed by atoms with van der Waals surface area (Å²) < 4.78 is 13.4. The summed E-state index contributed by atoms with van der Waals surface area (Å²) in [5.74, 6) is 0.0738. The number of benzene rings is 2. The van der Waals surface area contributed by atoms with E-state index in [1.807, 2.05) is 26.0 Å². The number of methoxy groups -OCH3 is 1. The fourth-order valence-electron chi connectivity index (χ4n) is 3.04. The number of nitrogens with zero attached hydrogens (tertiary/aromatic N) is 4. The van der Waals surface area contributed by atoms with Crippen LogP contribution in [0.3, 0.4) is 0 Å². The number of aromatic nitrogens is 4. The van der Waals surface area contributed by atoms with Crippen molar-refractivity contribution in [3.05, 3.63) is 63.6 Å². The third-order valence-corrected chi connectivity index (χ3v) is 4.66. The highest BCUT2D eigenvalue weighted by Gasteiger charge is 2.30. The van der Waals surface area contributed by atoms with Crippen LogP contribution in [-0.2, 0) is 11.3 Å². The van der Waals surface area contributed by atoms with Gasteiger partial charge in [-0.3, -0.25) is 0 Å². The second-order valence-corrected chi connectivity index (χ2v) is 7.51. The van der Waals surface area contributed by atoms with Crippen molar-refractivity contribution in [3.63, 3.8) is 0 Å². The molecule has 2 aromatic carbocycles. The molecule has 0 saturated heterocycles. The zero-order chi connectivity index (χ0) is 22.1. The zero-order valence-electron chi connectivity index (χ0n) is 17.5. The van der Waals surface area contributed by atoms with Crippen LogP contribution in [0.1, 0.15) is 30.5 Å². The molecule has 0 amide bonds. The summed E-state index contributed by atoms with van der Waals surface area (Å²) in [4.78, 5) is 24.1. The second kappa shape index (κ2) is 8.02. The Labute approximate surface area is 173 Å². The first-order valence-electron chi connectivity index (χ1n) is 9.32. The zero-order valence-corrected chi connectivity index (χ0v) is 17.5. The molecule has 30 heavy (non-hydrogen) atoms. The summed E-state index contributed by atoms with van der Waals surface area (Å²) in [5, 5.41) is 17.2. The maximum atomic E-state index is 12.7. The van der Waals surface area contributed by atoms with Gasteiger partial charge in [-0.25, -0.2) is 9.59 Å². The number of aryl methyl sites for hydroxylation is 2. The van der Waals surface area contributed by atoms with Gasteiger partial charge in [0.25, 0.3) is 0 Å². The molecule has 1 N–H and O–H groups in total. The lowest BCUT2D eigenvalue weighted by molar-refractivity contribution is -0.152. The summed E-state index contributed by atoms with van der Waals surface area (Å²) in [5.41, 5.74) is 1.18. The van der Waals surface area contributed by atoms with Crippen LogP contribution in [0, 0.1) is 13.8 Å². The molecule has 0 bridgehead atoms. The molecule has 9 nitrogen and oxygen atoms in total. The molecule has 1 heterocycles. The Hall–Kier alpha value is -3.62. The van der Waals surface area contributed by atoms with E-state index in [0.29, 0.717) is 17.2 Å². The van der Waals surface area contributed by atoms with Crippen LogP contribution in [0.2, 0.25) is 0 Å². The van der Waals surface area contributed by atoms with Crippen molar-refractivity contribution in [1.29, 1.82) is 0 Å². The molecule has 9 heteroatoms. The molecule has 0 radical (unpaired) electrons. The number of hydrogen-bond acceptors (Lipinski definition) is 6. The molecule has 0 atom stereocenters. The smallest absolute Gasteiger partial charge is 0.368 e. The van der Waals surface area contributed by atoms with Gasteiger partial charge in [0.05, 0.1) is 19.3 Å². The number of carboxylic acids is 1. The number of aliphatic carboxylic acids is 1. The van der Waals surface area contributed by atoms with Crippen molar-refractivity contribution >= 4 is 5.97 Å². The Morgan fingerprint density at radius 3 is 2.40 bits per heavy atom. The molecule has 0 unspecified atom stereocenters. The van der Waals surface area contributed by atoms with Crippen molar-refractivity contribution in [2.75, 3.05) is 7.11 Å². The molecule has 3 aromatic rings. The third kappa shape index (κ3) is 4.19. The summed E-state index contributed by atoms with van der Waals surface area (Å²) in [6, 6.07) is 10.7. The highest BCUT2D eigenvalue weighted by Crippen LogP contribution is 2.29. The predicted octanol–water partition coefficient (Wildman–Crippen LogP) is 2.34. The summed E-state index contributed by atoms with van der Waals surface area (Å²) in [6.45, 7) is 6.88. The minimum atomic E-state index is -1.35. The normalized spacial score (nSPS) is 11.4. The van der Waals surface area contributed by atoms with E-state index in [0.717, 1.165) is 16.7 Å². The number of hydrogen-bond donors (Lipinski definition) is 1. The van der Waals surface area contributed by atoms with Gasteiger partial charge in [-0.2, -0.15) is 9.36 Å². The van der Waals surface area contributed by atoms with Crippen LogP contribution in [0.5, 0.6) is 11.5 Å². The lowest BCUT2D eigenvalue weighted by atomic mass is 10.0. The SMILES string of the molecule is COc1cccc(-n2nnn(Cc3cc(C)c(OC(C)(C)C(=O)O)c(C)c3)c2=O)c1. The first-order valence-corrected chi connectivity index (χ1v) is 9.32. The number of rotatable bonds is 7. The van der Waals surface area contributed by atoms with E-state index >= 15 is 0 Å². The van der Waals surface area contributed by atoms with E-state index in [9.17, 15) is 14.7 Å². The number of carboxylic acid groups (broad SMARTS) is 1. The van der Waals surface area contributed by atoms with E-state index in [1.54, 1.807) is 31.4 Å². The molecule has 0 aliphatic rings. The van der Waals surface area contributed by atoms with Crippen molar-refractivity contribution < 1.29 is 19.4 Å². The van der Waals surface area contributed by atoms with Gasteiger partial charge in [0.15, 0.2) is 5.60 Å². The maximum absolute atomic E-state index is 12.7. The van der Waals surface area contributed by atoms with Crippen LogP contribution in [0.15, 0.2) is 41.2 Å². The Kier molecular flexibility index (Phi) is 5.64. The molecule has 0 fully saturated rings. The average molecular weight is 412 g/mol. The fourth-order valence-corrected chi connectivity index (χ4v) is 3.04. The van der Waals surface area contributed by atoms with E-state index in [2.05, 4.69) is 10.4 Å².